The predicted molar refractivity (Wildman–Crippen MR) is 97.7 cm³/mol. The maximum Gasteiger partial charge on any atom is 0.176 e. The van der Waals surface area contributed by atoms with Crippen LogP contribution >= 0.6 is 0 Å². The quantitative estimate of drug-likeness (QED) is 0.723. The molecule has 2 aromatic heterocycles. The van der Waals surface area contributed by atoms with Crippen LogP contribution in [0, 0.1) is 13.8 Å². The molecule has 0 fully saturated rings. The Bertz CT molecular complexity index is 825. The summed E-state index contributed by atoms with van der Waals surface area (Å²) in [4.78, 5) is 0. The molecule has 6 nitrogen and oxygen atoms in total. The molecule has 1 aromatic carbocycles. The van der Waals surface area contributed by atoms with Crippen molar-refractivity contribution in [2.24, 2.45) is 0 Å². The molecule has 0 saturated heterocycles. The van der Waals surface area contributed by atoms with E-state index in [1.807, 2.05) is 69.3 Å². The van der Waals surface area contributed by atoms with Gasteiger partial charge in [-0.2, -0.15) is 5.10 Å². The fourth-order valence-electron chi connectivity index (χ4n) is 2.77. The van der Waals surface area contributed by atoms with Gasteiger partial charge in [-0.3, -0.25) is 0 Å². The van der Waals surface area contributed by atoms with Crippen molar-refractivity contribution in [1.29, 1.82) is 0 Å². The number of hydrogen-bond donors (Lipinski definition) is 2. The number of benzene rings is 1. The van der Waals surface area contributed by atoms with Crippen LogP contribution < -0.4 is 5.32 Å². The summed E-state index contributed by atoms with van der Waals surface area (Å²) in [7, 11) is 0. The van der Waals surface area contributed by atoms with Crippen molar-refractivity contribution >= 4 is 5.82 Å². The van der Waals surface area contributed by atoms with Crippen LogP contribution in [0.15, 0.2) is 48.5 Å². The van der Waals surface area contributed by atoms with Crippen LogP contribution in [0.2, 0.25) is 0 Å². The van der Waals surface area contributed by atoms with E-state index in [0.717, 1.165) is 17.0 Å². The SMILES string of the molecule is Cc1cc(C)n(-c2ccc(NCCC(C)(O)c3ccccc3)nn2)n1. The topological polar surface area (TPSA) is 75.9 Å². The van der Waals surface area contributed by atoms with Crippen molar-refractivity contribution in [2.75, 3.05) is 11.9 Å². The second-order valence-corrected chi connectivity index (χ2v) is 6.43. The maximum atomic E-state index is 10.6. The first-order valence-electron chi connectivity index (χ1n) is 8.35. The molecule has 0 saturated carbocycles. The van der Waals surface area contributed by atoms with Gasteiger partial charge in [0, 0.05) is 12.2 Å². The van der Waals surface area contributed by atoms with E-state index in [1.165, 1.54) is 0 Å². The molecule has 1 unspecified atom stereocenters. The summed E-state index contributed by atoms with van der Waals surface area (Å²) < 4.78 is 1.77. The minimum Gasteiger partial charge on any atom is -0.385 e. The lowest BCUT2D eigenvalue weighted by Gasteiger charge is -2.24. The average molecular weight is 337 g/mol. The van der Waals surface area contributed by atoms with E-state index in [9.17, 15) is 5.11 Å². The molecule has 0 aliphatic rings. The lowest BCUT2D eigenvalue weighted by Crippen LogP contribution is -2.24. The minimum atomic E-state index is -0.884. The van der Waals surface area contributed by atoms with Gasteiger partial charge < -0.3 is 10.4 Å². The second kappa shape index (κ2) is 7.03. The number of nitrogens with zero attached hydrogens (tertiary/aromatic N) is 4. The lowest BCUT2D eigenvalue weighted by atomic mass is 9.93. The van der Waals surface area contributed by atoms with E-state index in [1.54, 1.807) is 4.68 Å². The first-order valence-corrected chi connectivity index (χ1v) is 8.35. The van der Waals surface area contributed by atoms with Gasteiger partial charge in [-0.05, 0) is 51.0 Å². The molecule has 130 valence electrons. The number of nitrogens with one attached hydrogen (secondary N) is 1. The van der Waals surface area contributed by atoms with Gasteiger partial charge in [0.1, 0.15) is 5.82 Å². The van der Waals surface area contributed by atoms with Crippen molar-refractivity contribution in [3.63, 3.8) is 0 Å². The molecule has 25 heavy (non-hydrogen) atoms. The number of rotatable bonds is 6. The van der Waals surface area contributed by atoms with Crippen molar-refractivity contribution in [1.82, 2.24) is 20.0 Å². The summed E-state index contributed by atoms with van der Waals surface area (Å²) in [6, 6.07) is 15.4. The first-order chi connectivity index (χ1) is 12.0. The largest absolute Gasteiger partial charge is 0.385 e. The van der Waals surface area contributed by atoms with Gasteiger partial charge in [-0.15, -0.1) is 10.2 Å². The van der Waals surface area contributed by atoms with Crippen LogP contribution in [-0.4, -0.2) is 31.6 Å². The molecule has 0 aliphatic carbocycles. The van der Waals surface area contributed by atoms with Crippen molar-refractivity contribution in [3.8, 4) is 5.82 Å². The molecule has 0 aliphatic heterocycles. The van der Waals surface area contributed by atoms with Crippen molar-refractivity contribution < 1.29 is 5.11 Å². The van der Waals surface area contributed by atoms with Gasteiger partial charge in [0.05, 0.1) is 11.3 Å². The standard InChI is InChI=1S/C19H23N5O/c1-14-13-15(2)24(23-14)18-10-9-17(21-22-18)20-12-11-19(3,25)16-7-5-4-6-8-16/h4-10,13,25H,11-12H2,1-3H3,(H,20,21). The Hall–Kier alpha value is -2.73. The Morgan fingerprint density at radius 3 is 2.44 bits per heavy atom. The summed E-state index contributed by atoms with van der Waals surface area (Å²) >= 11 is 0. The molecule has 2 N–H and O–H groups in total. The zero-order valence-corrected chi connectivity index (χ0v) is 14.8. The highest BCUT2D eigenvalue weighted by Gasteiger charge is 2.22. The molecule has 0 amide bonds. The third-order valence-corrected chi connectivity index (χ3v) is 4.19. The van der Waals surface area contributed by atoms with E-state index in [0.29, 0.717) is 24.6 Å². The number of hydrogen-bond acceptors (Lipinski definition) is 5. The second-order valence-electron chi connectivity index (χ2n) is 6.43. The molecule has 3 aromatic rings. The maximum absolute atomic E-state index is 10.6. The highest BCUT2D eigenvalue weighted by molar-refractivity contribution is 5.37. The van der Waals surface area contributed by atoms with E-state index in [-0.39, 0.29) is 0 Å². The molecule has 0 bridgehead atoms. The number of aromatic nitrogens is 4. The summed E-state index contributed by atoms with van der Waals surface area (Å²) in [5.74, 6) is 1.36. The van der Waals surface area contributed by atoms with Crippen LogP contribution in [0.25, 0.3) is 5.82 Å². The fraction of sp³-hybridized carbons (Fsp3) is 0.316. The van der Waals surface area contributed by atoms with Gasteiger partial charge >= 0.3 is 0 Å². The van der Waals surface area contributed by atoms with Gasteiger partial charge in [0.15, 0.2) is 5.82 Å². The number of aliphatic hydroxyl groups is 1. The molecule has 6 heteroatoms. The molecular formula is C19H23N5O. The molecular weight excluding hydrogens is 314 g/mol. The zero-order chi connectivity index (χ0) is 17.9. The summed E-state index contributed by atoms with van der Waals surface area (Å²) in [6.07, 6.45) is 0.567. The zero-order valence-electron chi connectivity index (χ0n) is 14.8. The van der Waals surface area contributed by atoms with Crippen LogP contribution in [0.1, 0.15) is 30.3 Å². The molecule has 0 spiro atoms. The lowest BCUT2D eigenvalue weighted by molar-refractivity contribution is 0.0515. The molecule has 0 radical (unpaired) electrons. The number of aryl methyl sites for hydroxylation is 2. The van der Waals surface area contributed by atoms with E-state index in [4.69, 9.17) is 0 Å². The van der Waals surface area contributed by atoms with Crippen LogP contribution in [0.5, 0.6) is 0 Å². The monoisotopic (exact) mass is 337 g/mol. The summed E-state index contributed by atoms with van der Waals surface area (Å²) in [6.45, 7) is 6.35. The van der Waals surface area contributed by atoms with Crippen molar-refractivity contribution in [2.45, 2.75) is 32.8 Å². The average Bonchev–Trinajstić information content (AvgIpc) is 2.94. The molecule has 3 rings (SSSR count). The Labute approximate surface area is 147 Å². The Morgan fingerprint density at radius 2 is 1.84 bits per heavy atom. The first kappa shape index (κ1) is 17.1. The predicted octanol–water partition coefficient (Wildman–Crippen LogP) is 2.99. The van der Waals surface area contributed by atoms with Crippen molar-refractivity contribution in [3.05, 3.63) is 65.5 Å². The smallest absolute Gasteiger partial charge is 0.176 e. The van der Waals surface area contributed by atoms with E-state index >= 15 is 0 Å². The van der Waals surface area contributed by atoms with Crippen LogP contribution in [0.3, 0.4) is 0 Å². The Kier molecular flexibility index (Phi) is 4.81. The number of anilines is 1. The van der Waals surface area contributed by atoms with E-state index in [2.05, 4.69) is 20.6 Å². The van der Waals surface area contributed by atoms with Gasteiger partial charge in [0.2, 0.25) is 0 Å². The highest BCUT2D eigenvalue weighted by Crippen LogP contribution is 2.24. The summed E-state index contributed by atoms with van der Waals surface area (Å²) in [5.41, 5.74) is 1.99. The fourth-order valence-corrected chi connectivity index (χ4v) is 2.77. The summed E-state index contributed by atoms with van der Waals surface area (Å²) in [5, 5.41) is 26.6. The van der Waals surface area contributed by atoms with Crippen LogP contribution in [-0.2, 0) is 5.60 Å². The third-order valence-electron chi connectivity index (χ3n) is 4.19. The Morgan fingerprint density at radius 1 is 1.08 bits per heavy atom. The molecule has 1 atom stereocenters. The van der Waals surface area contributed by atoms with Gasteiger partial charge in [0.25, 0.3) is 0 Å². The Balaban J connectivity index is 1.60. The van der Waals surface area contributed by atoms with Crippen LogP contribution in [0.4, 0.5) is 5.82 Å². The normalized spacial score (nSPS) is 13.4. The van der Waals surface area contributed by atoms with Gasteiger partial charge in [-0.25, -0.2) is 4.68 Å². The molecule has 2 heterocycles. The minimum absolute atomic E-state index is 0.567. The van der Waals surface area contributed by atoms with Gasteiger partial charge in [-0.1, -0.05) is 30.3 Å². The van der Waals surface area contributed by atoms with E-state index < -0.39 is 5.60 Å². The highest BCUT2D eigenvalue weighted by atomic mass is 16.3. The third kappa shape index (κ3) is 4.03.